The first-order valence-electron chi connectivity index (χ1n) is 19.1. The third kappa shape index (κ3) is 20.5. The summed E-state index contributed by atoms with van der Waals surface area (Å²) in [6, 6.07) is -0.568. The minimum Gasteiger partial charge on any atom is -0.471 e. The molecule has 0 radical (unpaired) electrons. The number of unbranched alkanes of at least 4 members (excludes halogenated alkanes) is 15. The second kappa shape index (κ2) is 28.8. The van der Waals surface area contributed by atoms with Crippen LogP contribution in [0.25, 0.3) is 0 Å². The van der Waals surface area contributed by atoms with E-state index in [9.17, 15) is 9.90 Å². The number of rotatable bonds is 29. The van der Waals surface area contributed by atoms with E-state index in [0.717, 1.165) is 19.3 Å². The zero-order valence-corrected chi connectivity index (χ0v) is 30.1. The molecule has 0 saturated carbocycles. The summed E-state index contributed by atoms with van der Waals surface area (Å²) in [5, 5.41) is 14.3. The number of carbonyl (C=O) groups is 1. The van der Waals surface area contributed by atoms with Crippen LogP contribution in [0.15, 0.2) is 24.5 Å². The molecule has 1 fully saturated rings. The van der Waals surface area contributed by atoms with Crippen molar-refractivity contribution >= 4 is 5.91 Å². The van der Waals surface area contributed by atoms with E-state index in [-0.39, 0.29) is 5.91 Å². The predicted octanol–water partition coefficient (Wildman–Crippen LogP) is 10.3. The van der Waals surface area contributed by atoms with Gasteiger partial charge in [0.2, 0.25) is 12.2 Å². The summed E-state index contributed by atoms with van der Waals surface area (Å²) in [5.74, 6) is 0.533. The summed E-state index contributed by atoms with van der Waals surface area (Å²) in [7, 11) is 0. The lowest BCUT2D eigenvalue weighted by Crippen LogP contribution is -2.64. The molecule has 1 aliphatic heterocycles. The Morgan fingerprint density at radius 2 is 1.40 bits per heavy atom. The molecule has 0 bridgehead atoms. The van der Waals surface area contributed by atoms with E-state index in [2.05, 4.69) is 38.2 Å². The molecule has 45 heavy (non-hydrogen) atoms. The molecule has 0 aromatic carbocycles. The van der Waals surface area contributed by atoms with Crippen molar-refractivity contribution in [1.29, 1.82) is 0 Å². The minimum absolute atomic E-state index is 0.0321. The van der Waals surface area contributed by atoms with Crippen LogP contribution in [0.5, 0.6) is 0 Å². The number of aliphatic hydroxyl groups is 1. The fourth-order valence-corrected chi connectivity index (χ4v) is 6.14. The normalized spacial score (nSPS) is 22.8. The smallest absolute Gasteiger partial charge is 0.222 e. The Hall–Kier alpha value is -1.37. The summed E-state index contributed by atoms with van der Waals surface area (Å²) in [4.78, 5) is 13.1. The van der Waals surface area contributed by atoms with Crippen LogP contribution in [0.2, 0.25) is 0 Å². The Balaban J connectivity index is 2.44. The van der Waals surface area contributed by atoms with Gasteiger partial charge in [-0.15, -0.1) is 0 Å². The Bertz CT molecular complexity index is 741. The third-order valence-electron chi connectivity index (χ3n) is 9.14. The van der Waals surface area contributed by atoms with Crippen molar-refractivity contribution in [3.05, 3.63) is 24.5 Å². The van der Waals surface area contributed by atoms with Gasteiger partial charge in [-0.1, -0.05) is 136 Å². The maximum absolute atomic E-state index is 13.1. The number of hydrogen-bond acceptors (Lipinski definition) is 5. The topological polar surface area (TPSA) is 77.0 Å². The molecule has 0 aromatic heterocycles. The summed E-state index contributed by atoms with van der Waals surface area (Å²) < 4.78 is 18.3. The molecule has 0 aliphatic carbocycles. The number of allylic oxidation sites excluding steroid dienone is 3. The quantitative estimate of drug-likeness (QED) is 0.0486. The molecule has 264 valence electrons. The molecule has 1 saturated heterocycles. The van der Waals surface area contributed by atoms with Crippen LogP contribution in [0.3, 0.4) is 0 Å². The largest absolute Gasteiger partial charge is 0.471 e. The van der Waals surface area contributed by atoms with Gasteiger partial charge in [0, 0.05) is 13.0 Å². The second-order valence-electron chi connectivity index (χ2n) is 13.4. The zero-order valence-electron chi connectivity index (χ0n) is 30.1. The average Bonchev–Trinajstić information content (AvgIpc) is 3.03. The Labute approximate surface area is 278 Å². The van der Waals surface area contributed by atoms with Gasteiger partial charge in [-0.05, 0) is 57.8 Å². The summed E-state index contributed by atoms with van der Waals surface area (Å²) in [6.07, 6.45) is 31.3. The van der Waals surface area contributed by atoms with Gasteiger partial charge in [0.1, 0.15) is 18.2 Å². The molecule has 1 aliphatic rings. The fourth-order valence-electron chi connectivity index (χ4n) is 6.14. The Kier molecular flexibility index (Phi) is 26.7. The maximum Gasteiger partial charge on any atom is 0.222 e. The molecule has 6 nitrogen and oxygen atoms in total. The highest BCUT2D eigenvalue weighted by atomic mass is 16.7. The van der Waals surface area contributed by atoms with Crippen LogP contribution in [0, 0.1) is 5.92 Å². The lowest BCUT2D eigenvalue weighted by atomic mass is 9.94. The van der Waals surface area contributed by atoms with Gasteiger partial charge in [0.25, 0.3) is 0 Å². The highest BCUT2D eigenvalue weighted by Crippen LogP contribution is 2.27. The first-order chi connectivity index (χ1) is 22.0. The van der Waals surface area contributed by atoms with Crippen molar-refractivity contribution in [1.82, 2.24) is 5.32 Å². The van der Waals surface area contributed by atoms with E-state index in [0.29, 0.717) is 25.4 Å². The Morgan fingerprint density at radius 1 is 0.822 bits per heavy atom. The number of amides is 1. The molecule has 0 aromatic rings. The predicted molar refractivity (Wildman–Crippen MR) is 189 cm³/mol. The van der Waals surface area contributed by atoms with E-state index in [1.807, 2.05) is 13.8 Å². The van der Waals surface area contributed by atoms with Crippen molar-refractivity contribution in [3.63, 3.8) is 0 Å². The van der Waals surface area contributed by atoms with Gasteiger partial charge in [0.05, 0.1) is 12.4 Å². The molecule has 6 heteroatoms. The van der Waals surface area contributed by atoms with Crippen molar-refractivity contribution in [2.45, 2.75) is 207 Å². The number of hydrogen-bond donors (Lipinski definition) is 2. The van der Waals surface area contributed by atoms with Gasteiger partial charge >= 0.3 is 0 Å². The van der Waals surface area contributed by atoms with Gasteiger partial charge in [-0.25, -0.2) is 0 Å². The van der Waals surface area contributed by atoms with Crippen LogP contribution in [0.4, 0.5) is 0 Å². The number of aliphatic hydroxyl groups excluding tert-OH is 1. The molecule has 1 rings (SSSR count). The number of ether oxygens (including phenoxy) is 3. The molecule has 5 unspecified atom stereocenters. The highest BCUT2D eigenvalue weighted by molar-refractivity contribution is 5.76. The van der Waals surface area contributed by atoms with E-state index in [1.165, 1.54) is 109 Å². The van der Waals surface area contributed by atoms with E-state index in [1.54, 1.807) is 12.3 Å². The average molecular weight is 636 g/mol. The van der Waals surface area contributed by atoms with Gasteiger partial charge in [-0.3, -0.25) is 4.79 Å². The summed E-state index contributed by atoms with van der Waals surface area (Å²) in [5.41, 5.74) is 0. The molecular formula is C39H73NO5. The monoisotopic (exact) mass is 636 g/mol. The molecule has 2 N–H and O–H groups in total. The van der Waals surface area contributed by atoms with Gasteiger partial charge in [0.15, 0.2) is 0 Å². The molecule has 0 spiro atoms. The molecular weight excluding hydrogens is 562 g/mol. The van der Waals surface area contributed by atoms with Crippen LogP contribution in [0.1, 0.15) is 176 Å². The SMILES string of the molecule is C/C=C\OC1OC(CC)C(O)C(OCC[C@H](C)CCCCCCC)C1NC(=O)CCCCCCCCC/C=C\CCCCCC. The van der Waals surface area contributed by atoms with Crippen molar-refractivity contribution in [3.8, 4) is 0 Å². The van der Waals surface area contributed by atoms with E-state index >= 15 is 0 Å². The maximum atomic E-state index is 13.1. The van der Waals surface area contributed by atoms with Crippen molar-refractivity contribution in [2.75, 3.05) is 6.61 Å². The number of carbonyl (C=O) groups excluding carboxylic acids is 1. The summed E-state index contributed by atoms with van der Waals surface area (Å²) >= 11 is 0. The zero-order chi connectivity index (χ0) is 33.0. The van der Waals surface area contributed by atoms with E-state index < -0.39 is 30.6 Å². The first kappa shape index (κ1) is 41.7. The lowest BCUT2D eigenvalue weighted by Gasteiger charge is -2.44. The third-order valence-corrected chi connectivity index (χ3v) is 9.14. The van der Waals surface area contributed by atoms with Crippen molar-refractivity contribution in [2.24, 2.45) is 5.92 Å². The molecule has 6 atom stereocenters. The second-order valence-corrected chi connectivity index (χ2v) is 13.4. The Morgan fingerprint density at radius 3 is 2.02 bits per heavy atom. The lowest BCUT2D eigenvalue weighted by molar-refractivity contribution is -0.258. The van der Waals surface area contributed by atoms with Gasteiger partial charge < -0.3 is 24.6 Å². The first-order valence-corrected chi connectivity index (χ1v) is 19.1. The fraction of sp³-hybridized carbons (Fsp3) is 0.872. The highest BCUT2D eigenvalue weighted by Gasteiger charge is 2.47. The summed E-state index contributed by atoms with van der Waals surface area (Å²) in [6.45, 7) is 11.2. The molecule has 1 heterocycles. The van der Waals surface area contributed by atoms with Crippen LogP contribution in [-0.2, 0) is 19.0 Å². The van der Waals surface area contributed by atoms with Crippen LogP contribution in [-0.4, -0.2) is 48.3 Å². The van der Waals surface area contributed by atoms with E-state index in [4.69, 9.17) is 14.2 Å². The van der Waals surface area contributed by atoms with Crippen LogP contribution >= 0.6 is 0 Å². The van der Waals surface area contributed by atoms with Gasteiger partial charge in [-0.2, -0.15) is 0 Å². The molecule has 1 amide bonds. The minimum atomic E-state index is -0.823. The standard InChI is InChI=1S/C39H73NO5/c1-6-10-12-14-15-16-17-18-19-20-21-22-23-25-27-29-35(41)40-36-38(37(42)34(9-4)45-39(36)44-31-8-3)43-32-30-33(5)28-26-24-13-11-7-2/h8,16-17,31,33-34,36-39,42H,6-7,9-15,18-30,32H2,1-5H3,(H,40,41)/b17-16-,31-8-/t33-,34?,36?,37?,38?,39?/m1/s1. The van der Waals surface area contributed by atoms with Crippen molar-refractivity contribution < 1.29 is 24.1 Å². The van der Waals surface area contributed by atoms with Crippen LogP contribution < -0.4 is 5.32 Å². The number of nitrogens with one attached hydrogen (secondary N) is 1.